The van der Waals surface area contributed by atoms with Crippen molar-refractivity contribution in [1.29, 1.82) is 0 Å². The number of hydrogen-bond acceptors (Lipinski definition) is 2. The van der Waals surface area contributed by atoms with Gasteiger partial charge in [0, 0.05) is 18.1 Å². The van der Waals surface area contributed by atoms with E-state index < -0.39 is 0 Å². The van der Waals surface area contributed by atoms with Crippen LogP contribution in [0.2, 0.25) is 0 Å². The van der Waals surface area contributed by atoms with Gasteiger partial charge in [0.05, 0.1) is 0 Å². The summed E-state index contributed by atoms with van der Waals surface area (Å²) in [5, 5.41) is 7.44. The largest absolute Gasteiger partial charge is 0.314 e. The molecule has 0 aromatic heterocycles. The minimum absolute atomic E-state index is 0.693. The first-order chi connectivity index (χ1) is 7.84. The van der Waals surface area contributed by atoms with Gasteiger partial charge in [-0.2, -0.15) is 0 Å². The zero-order valence-corrected chi connectivity index (χ0v) is 10.8. The van der Waals surface area contributed by atoms with Gasteiger partial charge in [0.15, 0.2) is 0 Å². The average Bonchev–Trinajstić information content (AvgIpc) is 2.62. The molecule has 0 aromatic carbocycles. The lowest BCUT2D eigenvalue weighted by molar-refractivity contribution is 0.367. The summed E-state index contributed by atoms with van der Waals surface area (Å²) in [6.45, 7) is 3.60. The minimum atomic E-state index is 0.693. The number of hydrogen-bond donors (Lipinski definition) is 2. The molecule has 0 radical (unpaired) electrons. The summed E-state index contributed by atoms with van der Waals surface area (Å²) in [6.07, 6.45) is 12.7. The molecule has 1 aliphatic heterocycles. The molecule has 2 unspecified atom stereocenters. The monoisotopic (exact) mass is 224 g/mol. The van der Waals surface area contributed by atoms with E-state index in [1.165, 1.54) is 64.3 Å². The van der Waals surface area contributed by atoms with Crippen LogP contribution in [0.4, 0.5) is 0 Å². The first-order valence-electron chi connectivity index (χ1n) is 7.34. The maximum Gasteiger partial charge on any atom is 0.00822 e. The summed E-state index contributed by atoms with van der Waals surface area (Å²) in [5.41, 5.74) is 0. The second-order valence-corrected chi connectivity index (χ2v) is 5.79. The van der Waals surface area contributed by atoms with Crippen LogP contribution in [0.5, 0.6) is 0 Å². The number of rotatable bonds is 4. The van der Waals surface area contributed by atoms with Crippen molar-refractivity contribution < 1.29 is 0 Å². The fourth-order valence-electron chi connectivity index (χ4n) is 3.30. The minimum Gasteiger partial charge on any atom is -0.314 e. The molecule has 1 saturated heterocycles. The summed E-state index contributed by atoms with van der Waals surface area (Å²) in [6, 6.07) is 2.28. The Morgan fingerprint density at radius 2 is 1.81 bits per heavy atom. The van der Waals surface area contributed by atoms with Gasteiger partial charge in [-0.25, -0.2) is 0 Å². The molecular weight excluding hydrogens is 196 g/mol. The molecule has 94 valence electrons. The van der Waals surface area contributed by atoms with E-state index in [1.807, 2.05) is 0 Å². The Bertz CT molecular complexity index is 179. The van der Waals surface area contributed by atoms with Crippen molar-refractivity contribution in [3.63, 3.8) is 0 Å². The van der Waals surface area contributed by atoms with E-state index in [4.69, 9.17) is 0 Å². The van der Waals surface area contributed by atoms with Crippen LogP contribution < -0.4 is 10.6 Å². The molecule has 16 heavy (non-hydrogen) atoms. The lowest BCUT2D eigenvalue weighted by Gasteiger charge is -2.24. The molecule has 1 aliphatic carbocycles. The fraction of sp³-hybridized carbons (Fsp3) is 1.00. The van der Waals surface area contributed by atoms with Gasteiger partial charge >= 0.3 is 0 Å². The summed E-state index contributed by atoms with van der Waals surface area (Å²) in [4.78, 5) is 0. The predicted molar refractivity (Wildman–Crippen MR) is 69.7 cm³/mol. The standard InChI is InChI=1S/C14H28N2/c1-12(11-14-9-6-10-15-14)16-13-7-4-2-3-5-8-13/h12-16H,2-11H2,1H3. The third-order valence-electron chi connectivity index (χ3n) is 4.18. The average molecular weight is 224 g/mol. The van der Waals surface area contributed by atoms with Crippen LogP contribution in [0, 0.1) is 0 Å². The first-order valence-corrected chi connectivity index (χ1v) is 7.34. The molecule has 2 rings (SSSR count). The van der Waals surface area contributed by atoms with Crippen LogP contribution in [-0.2, 0) is 0 Å². The van der Waals surface area contributed by atoms with Gasteiger partial charge in [-0.05, 0) is 45.6 Å². The SMILES string of the molecule is CC(CC1CCCN1)NC1CCCCCC1. The molecule has 2 aliphatic rings. The molecule has 0 spiro atoms. The molecule has 2 atom stereocenters. The molecule has 1 heterocycles. The maximum atomic E-state index is 3.85. The third kappa shape index (κ3) is 4.06. The second-order valence-electron chi connectivity index (χ2n) is 5.79. The van der Waals surface area contributed by atoms with Crippen LogP contribution in [0.1, 0.15) is 64.7 Å². The zero-order valence-electron chi connectivity index (χ0n) is 10.8. The van der Waals surface area contributed by atoms with E-state index in [1.54, 1.807) is 0 Å². The van der Waals surface area contributed by atoms with E-state index in [2.05, 4.69) is 17.6 Å². The van der Waals surface area contributed by atoms with Gasteiger partial charge in [-0.15, -0.1) is 0 Å². The fourth-order valence-corrected chi connectivity index (χ4v) is 3.30. The van der Waals surface area contributed by atoms with Gasteiger partial charge < -0.3 is 10.6 Å². The Kier molecular flexibility index (Phi) is 5.11. The maximum absolute atomic E-state index is 3.85. The van der Waals surface area contributed by atoms with Crippen molar-refractivity contribution in [2.75, 3.05) is 6.54 Å². The highest BCUT2D eigenvalue weighted by Crippen LogP contribution is 2.19. The van der Waals surface area contributed by atoms with Crippen molar-refractivity contribution in [3.8, 4) is 0 Å². The van der Waals surface area contributed by atoms with E-state index in [0.717, 1.165) is 12.1 Å². The zero-order chi connectivity index (χ0) is 11.2. The summed E-state index contributed by atoms with van der Waals surface area (Å²) in [5.74, 6) is 0. The molecular formula is C14H28N2. The van der Waals surface area contributed by atoms with E-state index >= 15 is 0 Å². The highest BCUT2D eigenvalue weighted by Gasteiger charge is 2.19. The van der Waals surface area contributed by atoms with Crippen molar-refractivity contribution in [1.82, 2.24) is 10.6 Å². The van der Waals surface area contributed by atoms with Gasteiger partial charge in [0.2, 0.25) is 0 Å². The van der Waals surface area contributed by atoms with Gasteiger partial charge in [0.1, 0.15) is 0 Å². The molecule has 2 fully saturated rings. The van der Waals surface area contributed by atoms with E-state index in [0.29, 0.717) is 6.04 Å². The van der Waals surface area contributed by atoms with Crippen molar-refractivity contribution >= 4 is 0 Å². The van der Waals surface area contributed by atoms with Crippen LogP contribution in [0.25, 0.3) is 0 Å². The predicted octanol–water partition coefficient (Wildman–Crippen LogP) is 2.83. The Morgan fingerprint density at radius 3 is 2.44 bits per heavy atom. The topological polar surface area (TPSA) is 24.1 Å². The van der Waals surface area contributed by atoms with Crippen molar-refractivity contribution in [2.24, 2.45) is 0 Å². The van der Waals surface area contributed by atoms with Gasteiger partial charge in [-0.3, -0.25) is 0 Å². The van der Waals surface area contributed by atoms with Crippen LogP contribution >= 0.6 is 0 Å². The Balaban J connectivity index is 1.66. The lowest BCUT2D eigenvalue weighted by atomic mass is 10.0. The summed E-state index contributed by atoms with van der Waals surface area (Å²) < 4.78 is 0. The molecule has 0 aromatic rings. The highest BCUT2D eigenvalue weighted by molar-refractivity contribution is 4.81. The second kappa shape index (κ2) is 6.61. The van der Waals surface area contributed by atoms with Crippen LogP contribution in [0.15, 0.2) is 0 Å². The Morgan fingerprint density at radius 1 is 1.06 bits per heavy atom. The smallest absolute Gasteiger partial charge is 0.00822 e. The third-order valence-corrected chi connectivity index (χ3v) is 4.18. The quantitative estimate of drug-likeness (QED) is 0.718. The highest BCUT2D eigenvalue weighted by atomic mass is 15.0. The molecule has 0 bridgehead atoms. The Hall–Kier alpha value is -0.0800. The first kappa shape index (κ1) is 12.4. The molecule has 2 heteroatoms. The molecule has 1 saturated carbocycles. The van der Waals surface area contributed by atoms with Gasteiger partial charge in [0.25, 0.3) is 0 Å². The Labute approximate surface area is 101 Å². The van der Waals surface area contributed by atoms with Crippen molar-refractivity contribution in [3.05, 3.63) is 0 Å². The lowest BCUT2D eigenvalue weighted by Crippen LogP contribution is -2.39. The summed E-state index contributed by atoms with van der Waals surface area (Å²) >= 11 is 0. The van der Waals surface area contributed by atoms with E-state index in [9.17, 15) is 0 Å². The van der Waals surface area contributed by atoms with Crippen LogP contribution in [0.3, 0.4) is 0 Å². The van der Waals surface area contributed by atoms with Gasteiger partial charge in [-0.1, -0.05) is 25.7 Å². The molecule has 2 N–H and O–H groups in total. The number of nitrogens with one attached hydrogen (secondary N) is 2. The van der Waals surface area contributed by atoms with E-state index in [-0.39, 0.29) is 0 Å². The van der Waals surface area contributed by atoms with Crippen molar-refractivity contribution in [2.45, 2.75) is 82.8 Å². The normalized spacial score (nSPS) is 30.2. The van der Waals surface area contributed by atoms with Crippen LogP contribution in [-0.4, -0.2) is 24.7 Å². The molecule has 0 amide bonds. The summed E-state index contributed by atoms with van der Waals surface area (Å²) in [7, 11) is 0. The molecule has 2 nitrogen and oxygen atoms in total.